The van der Waals surface area contributed by atoms with Crippen LogP contribution >= 0.6 is 11.3 Å². The quantitative estimate of drug-likeness (QED) is 0.381. The van der Waals surface area contributed by atoms with Gasteiger partial charge in [0.2, 0.25) is 0 Å². The van der Waals surface area contributed by atoms with Gasteiger partial charge in [0.15, 0.2) is 5.96 Å². The third-order valence-electron chi connectivity index (χ3n) is 4.11. The molecule has 1 aliphatic heterocycles. The summed E-state index contributed by atoms with van der Waals surface area (Å²) < 4.78 is 10.4. The first kappa shape index (κ1) is 19.2. The van der Waals surface area contributed by atoms with Crippen molar-refractivity contribution in [2.75, 3.05) is 60.2 Å². The molecule has 136 valence electrons. The summed E-state index contributed by atoms with van der Waals surface area (Å²) in [6, 6.07) is 4.78. The molecule has 7 heteroatoms. The topological polar surface area (TPSA) is 58.1 Å². The molecular weight excluding hydrogens is 324 g/mol. The van der Waals surface area contributed by atoms with E-state index in [9.17, 15) is 0 Å². The minimum Gasteiger partial charge on any atom is -0.382 e. The van der Waals surface area contributed by atoms with E-state index in [-0.39, 0.29) is 0 Å². The Bertz CT molecular complexity index is 461. The summed E-state index contributed by atoms with van der Waals surface area (Å²) in [6.07, 6.45) is 2.60. The monoisotopic (exact) mass is 354 g/mol. The van der Waals surface area contributed by atoms with Crippen LogP contribution in [0.25, 0.3) is 0 Å². The second-order valence-electron chi connectivity index (χ2n) is 5.76. The van der Waals surface area contributed by atoms with E-state index < -0.39 is 0 Å². The van der Waals surface area contributed by atoms with Crippen LogP contribution in [-0.4, -0.2) is 71.0 Å². The van der Waals surface area contributed by atoms with E-state index in [0.717, 1.165) is 19.0 Å². The second kappa shape index (κ2) is 11.4. The molecule has 1 saturated heterocycles. The lowest BCUT2D eigenvalue weighted by Crippen LogP contribution is -2.43. The maximum absolute atomic E-state index is 5.46. The SMILES string of the molecule is CN=C(NCCOCCOC)NCC(c1cccs1)N1CCCC1. The molecule has 1 aromatic rings. The average Bonchev–Trinajstić information content (AvgIpc) is 3.30. The smallest absolute Gasteiger partial charge is 0.191 e. The van der Waals surface area contributed by atoms with Gasteiger partial charge in [0.1, 0.15) is 0 Å². The average molecular weight is 355 g/mol. The van der Waals surface area contributed by atoms with E-state index in [1.54, 1.807) is 14.2 Å². The highest BCUT2D eigenvalue weighted by molar-refractivity contribution is 7.10. The standard InChI is InChI=1S/C17H30N4O2S/c1-18-17(19-7-10-23-12-11-22-2)20-14-15(16-6-5-13-24-16)21-8-3-4-9-21/h5-6,13,15H,3-4,7-12,14H2,1-2H3,(H2,18,19,20). The highest BCUT2D eigenvalue weighted by atomic mass is 32.1. The number of aliphatic imine (C=N–C) groups is 1. The van der Waals surface area contributed by atoms with Crippen molar-refractivity contribution in [3.05, 3.63) is 22.4 Å². The van der Waals surface area contributed by atoms with Crippen LogP contribution in [0.1, 0.15) is 23.8 Å². The molecule has 1 fully saturated rings. The van der Waals surface area contributed by atoms with Crippen molar-refractivity contribution >= 4 is 17.3 Å². The number of thiophene rings is 1. The van der Waals surface area contributed by atoms with Crippen molar-refractivity contribution in [2.24, 2.45) is 4.99 Å². The van der Waals surface area contributed by atoms with Crippen molar-refractivity contribution in [1.29, 1.82) is 0 Å². The van der Waals surface area contributed by atoms with Crippen LogP contribution in [-0.2, 0) is 9.47 Å². The fourth-order valence-electron chi connectivity index (χ4n) is 2.84. The van der Waals surface area contributed by atoms with Crippen LogP contribution in [0.2, 0.25) is 0 Å². The number of hydrogen-bond donors (Lipinski definition) is 2. The Morgan fingerprint density at radius 2 is 2.12 bits per heavy atom. The summed E-state index contributed by atoms with van der Waals surface area (Å²) in [4.78, 5) is 8.29. The van der Waals surface area contributed by atoms with E-state index in [4.69, 9.17) is 9.47 Å². The molecule has 24 heavy (non-hydrogen) atoms. The van der Waals surface area contributed by atoms with Gasteiger partial charge in [-0.1, -0.05) is 6.07 Å². The minimum absolute atomic E-state index is 0.420. The molecule has 6 nitrogen and oxygen atoms in total. The first-order valence-electron chi connectivity index (χ1n) is 8.63. The van der Waals surface area contributed by atoms with E-state index in [1.165, 1.54) is 30.8 Å². The molecule has 2 rings (SSSR count). The Labute approximate surface area is 149 Å². The third kappa shape index (κ3) is 6.39. The van der Waals surface area contributed by atoms with Crippen LogP contribution in [0.3, 0.4) is 0 Å². The first-order valence-corrected chi connectivity index (χ1v) is 9.51. The number of hydrogen-bond acceptors (Lipinski definition) is 5. The zero-order valence-corrected chi connectivity index (χ0v) is 15.6. The van der Waals surface area contributed by atoms with Gasteiger partial charge in [0, 0.05) is 32.1 Å². The third-order valence-corrected chi connectivity index (χ3v) is 5.08. The van der Waals surface area contributed by atoms with Gasteiger partial charge in [-0.2, -0.15) is 0 Å². The van der Waals surface area contributed by atoms with E-state index >= 15 is 0 Å². The Hall–Kier alpha value is -1.15. The summed E-state index contributed by atoms with van der Waals surface area (Å²) in [6.45, 7) is 5.87. The second-order valence-corrected chi connectivity index (χ2v) is 6.74. The van der Waals surface area contributed by atoms with Gasteiger partial charge in [-0.15, -0.1) is 11.3 Å². The minimum atomic E-state index is 0.420. The molecule has 0 saturated carbocycles. The molecule has 2 heterocycles. The van der Waals surface area contributed by atoms with Crippen LogP contribution in [0.15, 0.2) is 22.5 Å². The summed E-state index contributed by atoms with van der Waals surface area (Å²) in [5, 5.41) is 8.91. The lowest BCUT2D eigenvalue weighted by molar-refractivity contribution is 0.0733. The van der Waals surface area contributed by atoms with Crippen molar-refractivity contribution in [2.45, 2.75) is 18.9 Å². The molecule has 0 aromatic carbocycles. The fraction of sp³-hybridized carbons (Fsp3) is 0.706. The van der Waals surface area contributed by atoms with Gasteiger partial charge < -0.3 is 20.1 Å². The number of guanidine groups is 1. The zero-order valence-electron chi connectivity index (χ0n) is 14.8. The molecule has 2 N–H and O–H groups in total. The molecule has 0 radical (unpaired) electrons. The molecule has 1 atom stereocenters. The molecule has 0 bridgehead atoms. The van der Waals surface area contributed by atoms with Gasteiger partial charge in [0.05, 0.1) is 25.9 Å². The van der Waals surface area contributed by atoms with Crippen LogP contribution in [0.4, 0.5) is 0 Å². The van der Waals surface area contributed by atoms with Gasteiger partial charge in [-0.05, 0) is 37.4 Å². The van der Waals surface area contributed by atoms with Crippen LogP contribution in [0, 0.1) is 0 Å². The normalized spacial score (nSPS) is 17.2. The predicted octanol–water partition coefficient (Wildman–Crippen LogP) is 1.71. The number of rotatable bonds is 10. The van der Waals surface area contributed by atoms with Gasteiger partial charge in [0.25, 0.3) is 0 Å². The van der Waals surface area contributed by atoms with Crippen LogP contribution < -0.4 is 10.6 Å². The largest absolute Gasteiger partial charge is 0.382 e. The lowest BCUT2D eigenvalue weighted by atomic mass is 10.2. The Balaban J connectivity index is 1.75. The molecule has 0 amide bonds. The van der Waals surface area contributed by atoms with Crippen molar-refractivity contribution in [3.8, 4) is 0 Å². The zero-order chi connectivity index (χ0) is 17.0. The number of methoxy groups -OCH3 is 1. The molecule has 1 aliphatic rings. The maximum Gasteiger partial charge on any atom is 0.191 e. The Morgan fingerprint density at radius 1 is 1.29 bits per heavy atom. The highest BCUT2D eigenvalue weighted by Crippen LogP contribution is 2.27. The fourth-order valence-corrected chi connectivity index (χ4v) is 3.70. The van der Waals surface area contributed by atoms with Gasteiger partial charge >= 0.3 is 0 Å². The molecule has 1 unspecified atom stereocenters. The van der Waals surface area contributed by atoms with E-state index in [0.29, 0.717) is 25.9 Å². The number of likely N-dealkylation sites (tertiary alicyclic amines) is 1. The lowest BCUT2D eigenvalue weighted by Gasteiger charge is -2.27. The van der Waals surface area contributed by atoms with Gasteiger partial charge in [-0.3, -0.25) is 9.89 Å². The predicted molar refractivity (Wildman–Crippen MR) is 99.9 cm³/mol. The van der Waals surface area contributed by atoms with E-state index in [2.05, 4.69) is 38.0 Å². The maximum atomic E-state index is 5.46. The highest BCUT2D eigenvalue weighted by Gasteiger charge is 2.24. The van der Waals surface area contributed by atoms with Crippen molar-refractivity contribution in [1.82, 2.24) is 15.5 Å². The van der Waals surface area contributed by atoms with Crippen molar-refractivity contribution < 1.29 is 9.47 Å². The first-order chi connectivity index (χ1) is 11.8. The van der Waals surface area contributed by atoms with Crippen LogP contribution in [0.5, 0.6) is 0 Å². The number of ether oxygens (including phenoxy) is 2. The number of nitrogens with zero attached hydrogens (tertiary/aromatic N) is 2. The summed E-state index contributed by atoms with van der Waals surface area (Å²) >= 11 is 1.83. The number of nitrogens with one attached hydrogen (secondary N) is 2. The summed E-state index contributed by atoms with van der Waals surface area (Å²) in [5.74, 6) is 0.825. The summed E-state index contributed by atoms with van der Waals surface area (Å²) in [7, 11) is 3.48. The Morgan fingerprint density at radius 3 is 2.79 bits per heavy atom. The van der Waals surface area contributed by atoms with Crippen molar-refractivity contribution in [3.63, 3.8) is 0 Å². The molecular formula is C17H30N4O2S. The van der Waals surface area contributed by atoms with Gasteiger partial charge in [-0.25, -0.2) is 0 Å². The van der Waals surface area contributed by atoms with E-state index in [1.807, 2.05) is 11.3 Å². The Kier molecular flexibility index (Phi) is 9.12. The summed E-state index contributed by atoms with van der Waals surface area (Å²) in [5.41, 5.74) is 0. The molecule has 0 spiro atoms. The molecule has 1 aromatic heterocycles. The molecule has 0 aliphatic carbocycles.